The number of rotatable bonds is 19. The quantitative estimate of drug-likeness (QED) is 0.0119. The van der Waals surface area contributed by atoms with Gasteiger partial charge in [0.25, 0.3) is 11.7 Å². The van der Waals surface area contributed by atoms with Crippen LogP contribution >= 0.6 is 0 Å². The van der Waals surface area contributed by atoms with Crippen LogP contribution in [0.4, 0.5) is 91.9 Å². The second-order valence-electron chi connectivity index (χ2n) is 29.7. The van der Waals surface area contributed by atoms with Crippen LogP contribution in [0.25, 0.3) is 0 Å². The highest BCUT2D eigenvalue weighted by atomic mass is 19.1. The second-order valence-corrected chi connectivity index (χ2v) is 29.7. The number of carbonyl (C=O) groups excluding carboxylic acids is 5. The van der Waals surface area contributed by atoms with Crippen molar-refractivity contribution in [1.82, 2.24) is 14.7 Å². The number of nitrogens with one attached hydrogen (secondary N) is 4. The lowest BCUT2D eigenvalue weighted by Crippen LogP contribution is -2.53. The number of aliphatic hydroxyl groups is 1. The van der Waals surface area contributed by atoms with E-state index in [0.29, 0.717) is 118 Å². The highest BCUT2D eigenvalue weighted by molar-refractivity contribution is 6.03. The Balaban J connectivity index is 0.000000296. The van der Waals surface area contributed by atoms with E-state index in [1.807, 2.05) is 182 Å². The summed E-state index contributed by atoms with van der Waals surface area (Å²) in [6.45, 7) is 3.94. The van der Waals surface area contributed by atoms with Gasteiger partial charge in [0.1, 0.15) is 54.6 Å². The number of nitrogen functional groups attached to an aromatic ring is 2. The Morgan fingerprint density at radius 2 is 0.714 bits per heavy atom. The van der Waals surface area contributed by atoms with Gasteiger partial charge in [0, 0.05) is 82.9 Å². The molecule has 706 valence electrons. The smallest absolute Gasteiger partial charge is 0.410 e. The first-order valence-corrected chi connectivity index (χ1v) is 41.2. The number of amides is 5. The van der Waals surface area contributed by atoms with Crippen LogP contribution < -0.4 is 37.6 Å². The van der Waals surface area contributed by atoms with Crippen LogP contribution in [0, 0.1) is 55.1 Å². The van der Waals surface area contributed by atoms with Crippen molar-refractivity contribution in [3.05, 3.63) is 361 Å². The number of carbonyl (C=O) groups is 7. The summed E-state index contributed by atoms with van der Waals surface area (Å²) in [6, 6.07) is 74.8. The highest BCUT2D eigenvalue weighted by Gasteiger charge is 2.48. The fourth-order valence-corrected chi connectivity index (χ4v) is 14.4. The Hall–Kier alpha value is -15.6. The molecular weight excluding hydrogens is 1730 g/mol. The molecule has 35 heteroatoms. The fourth-order valence-electron chi connectivity index (χ4n) is 14.4. The number of hydrogen-bond acceptors (Lipinski definition) is 20. The lowest BCUT2D eigenvalue weighted by Gasteiger charge is -2.42. The van der Waals surface area contributed by atoms with E-state index in [2.05, 4.69) is 21.3 Å². The number of anilines is 7. The number of nitrogens with zero attached hydrogens (tertiary/aromatic N) is 6. The summed E-state index contributed by atoms with van der Waals surface area (Å²) in [4.78, 5) is 111. The molecular formula is C98H110F6N12O17. The molecule has 11 aromatic rings. The van der Waals surface area contributed by atoms with E-state index in [4.69, 9.17) is 40.7 Å². The molecule has 3 aliphatic rings. The number of ether oxygens (including phenoxy) is 3. The first-order chi connectivity index (χ1) is 63.3. The molecule has 0 aromatic heterocycles. The molecule has 5 amide bonds. The van der Waals surface area contributed by atoms with Gasteiger partial charge in [-0.2, -0.15) is 4.39 Å². The van der Waals surface area contributed by atoms with Gasteiger partial charge >= 0.3 is 29.9 Å². The average molecular weight is 1840 g/mol. The number of hydrogen-bond donors (Lipinski definition) is 9. The lowest BCUT2D eigenvalue weighted by molar-refractivity contribution is -0.387. The van der Waals surface area contributed by atoms with Crippen LogP contribution in [0.15, 0.2) is 273 Å². The number of nitro groups is 2. The maximum Gasteiger partial charge on any atom is 0.410 e. The number of likely N-dealkylation sites (N-methyl/N-ethyl adjacent to an activating group) is 1. The summed E-state index contributed by atoms with van der Waals surface area (Å²) in [5.41, 5.74) is 16.2. The largest absolute Gasteiger partial charge is 0.481 e. The van der Waals surface area contributed by atoms with Crippen LogP contribution in [0.2, 0.25) is 0 Å². The predicted molar refractivity (Wildman–Crippen MR) is 499 cm³/mol. The molecule has 0 spiro atoms. The van der Waals surface area contributed by atoms with Crippen molar-refractivity contribution in [2.75, 3.05) is 112 Å². The topological polar surface area (TPSA) is 407 Å². The van der Waals surface area contributed by atoms with Crippen molar-refractivity contribution in [3.63, 3.8) is 0 Å². The lowest BCUT2D eigenvalue weighted by atomic mass is 9.71. The van der Waals surface area contributed by atoms with Crippen molar-refractivity contribution in [1.29, 1.82) is 0 Å². The molecule has 3 saturated heterocycles. The van der Waals surface area contributed by atoms with Crippen molar-refractivity contribution in [3.8, 4) is 0 Å². The van der Waals surface area contributed by atoms with Gasteiger partial charge in [-0.15, -0.1) is 0 Å². The van der Waals surface area contributed by atoms with E-state index >= 15 is 0 Å². The number of nitro benzene ring substituents is 2. The molecule has 0 bridgehead atoms. The van der Waals surface area contributed by atoms with Crippen LogP contribution in [0.3, 0.4) is 0 Å². The van der Waals surface area contributed by atoms with E-state index < -0.39 is 91.1 Å². The Bertz CT molecular complexity index is 5600. The Morgan fingerprint density at radius 3 is 1.07 bits per heavy atom. The summed E-state index contributed by atoms with van der Waals surface area (Å²) in [6.07, 6.45) is 1.29. The van der Waals surface area contributed by atoms with Crippen molar-refractivity contribution < 1.29 is 101 Å². The minimum atomic E-state index is -1.03. The maximum atomic E-state index is 13.9. The molecule has 0 atom stereocenters. The highest BCUT2D eigenvalue weighted by Crippen LogP contribution is 2.42. The standard InChI is InChI=1S/2C27H28FN3O3.C20H21NO4.C7H7FN2O2.C7H9FN2.C6H3F2NO2.C2H4O2.CH4O.CH4.H2/c1-30(24-13-12-22(28)18-23(24)29)25(32)27(21-10-6-3-7-11-21)14-16-31(17-15-27)26(33)34-19-20-8-4-2-5-9-20;1-29-23-13-12-22(28)18-24(23)30-25(32)27(21-10-6-3-7-11-21)14-16-31(17-15-27)26(33)34-19-20-8-4-2-5-9-20;22-18(23)20(17-9-5-2-6-10-17)11-13-21(14-12-20)19(24)25-15-16-7-3-1-4-8-16;1-9-6-3-2-5(8)4-7(6)10(11)12;1-10-7-3-2-5(8)4-6(7)9;7-4-1-2-5(8)6(3-4)9(10)11;1-2(3)4;1-2;;/h2-13,18H,14-17,19,29H2,1H3;2-13,18,29H,14-17,19H2,1H3,(H,30,32);1-10H,11-15H2,(H,22,23);2-4,9H,1H3;2-4,10H,9H2,1H3;1-3H;1H3,(H,3,4);2H,1H3;1H4;1H/i;;;;;;;;;1+1. The number of aliphatic hydroxyl groups excluding tert-OH is 1. The number of carboxylic acid groups (broad SMARTS) is 2. The number of halogens is 6. The molecule has 29 nitrogen and oxygen atoms in total. The third-order valence-corrected chi connectivity index (χ3v) is 21.4. The third-order valence-electron chi connectivity index (χ3n) is 21.4. The van der Waals surface area contributed by atoms with Crippen LogP contribution in [0.1, 0.15) is 87.7 Å². The van der Waals surface area contributed by atoms with Crippen molar-refractivity contribution in [2.24, 2.45) is 0 Å². The Labute approximate surface area is 767 Å². The molecule has 3 aliphatic heterocycles. The zero-order chi connectivity index (χ0) is 96.5. The van der Waals surface area contributed by atoms with Gasteiger partial charge in [0.2, 0.25) is 17.6 Å². The molecule has 0 aliphatic carbocycles. The number of benzene rings is 11. The van der Waals surface area contributed by atoms with Gasteiger partial charge in [0.05, 0.1) is 72.3 Å². The van der Waals surface area contributed by atoms with Crippen molar-refractivity contribution in [2.45, 2.75) is 88.9 Å². The molecule has 133 heavy (non-hydrogen) atoms. The summed E-state index contributed by atoms with van der Waals surface area (Å²) in [5, 5.41) is 55.8. The van der Waals surface area contributed by atoms with Crippen molar-refractivity contribution >= 4 is 93.2 Å². The zero-order valence-electron chi connectivity index (χ0n) is 73.3. The molecule has 14 rings (SSSR count). The Kier molecular flexibility index (Phi) is 42.2. The van der Waals surface area contributed by atoms with E-state index in [1.165, 1.54) is 59.5 Å². The summed E-state index contributed by atoms with van der Waals surface area (Å²) >= 11 is 0. The molecule has 0 radical (unpaired) electrons. The predicted octanol–water partition coefficient (Wildman–Crippen LogP) is 19.0. The van der Waals surface area contributed by atoms with Gasteiger partial charge in [-0.3, -0.25) is 39.4 Å². The number of carboxylic acids is 2. The number of piperidine rings is 3. The third kappa shape index (κ3) is 30.8. The second kappa shape index (κ2) is 52.8. The van der Waals surface area contributed by atoms with Gasteiger partial charge in [-0.25, -0.2) is 36.3 Å². The number of aliphatic carboxylic acids is 2. The molecule has 11 aromatic carbocycles. The first kappa shape index (κ1) is 106. The fraction of sp³-hybridized carbons (Fsp3) is 0.255. The summed E-state index contributed by atoms with van der Waals surface area (Å²) < 4.78 is 93.3. The maximum absolute atomic E-state index is 13.9. The molecule has 3 fully saturated rings. The molecule has 0 saturated carbocycles. The van der Waals surface area contributed by atoms with Crippen LogP contribution in [0.5, 0.6) is 0 Å². The number of likely N-dealkylation sites (tertiary alicyclic amines) is 3. The van der Waals surface area contributed by atoms with Gasteiger partial charge in [-0.05, 0) is 151 Å². The van der Waals surface area contributed by atoms with Crippen LogP contribution in [-0.4, -0.2) is 156 Å². The van der Waals surface area contributed by atoms with Gasteiger partial charge < -0.3 is 81.9 Å². The van der Waals surface area contributed by atoms with Gasteiger partial charge in [-0.1, -0.05) is 189 Å². The average Bonchev–Trinajstić information content (AvgIpc) is 0.758. The van der Waals surface area contributed by atoms with E-state index in [0.717, 1.165) is 65.2 Å². The van der Waals surface area contributed by atoms with Gasteiger partial charge in [0.15, 0.2) is 0 Å². The summed E-state index contributed by atoms with van der Waals surface area (Å²) in [5.74, 6) is -5.70. The number of nitrogens with two attached hydrogens (primary N) is 2. The molecule has 11 N–H and O–H groups in total. The normalized spacial score (nSPS) is 13.3. The van der Waals surface area contributed by atoms with E-state index in [9.17, 15) is 80.4 Å². The Morgan fingerprint density at radius 1 is 0.414 bits per heavy atom. The van der Waals surface area contributed by atoms with E-state index in [-0.39, 0.29) is 57.7 Å². The van der Waals surface area contributed by atoms with E-state index in [1.54, 1.807) is 55.0 Å². The molecule has 0 unspecified atom stereocenters. The molecule has 3 heterocycles. The monoisotopic (exact) mass is 1840 g/mol. The summed E-state index contributed by atoms with van der Waals surface area (Å²) in [7, 11) is 7.65. The first-order valence-electron chi connectivity index (χ1n) is 41.2. The SMILES string of the molecule is C.CC(=O)O.CN(C(=O)C1(c2ccccc2)CCN(C(=O)OCc2ccccc2)CC1)c1ccc(F)cc1N.CNc1ccc(F)cc1N.CNc1ccc(F)cc1NC(=O)C1(c2ccccc2)CCN(C(=O)OCc2ccccc2)CC1.CNc1ccc(F)cc1[N+](=O)[O-].CO.O=C(OCc1ccccc1)N1CCC(C(=O)O)(c2ccccc2)CC1.O=[N+]([O-])c1cc(F)ccc1F.[2HH]. The van der Waals surface area contributed by atoms with Crippen LogP contribution in [-0.2, 0) is 69.5 Å². The minimum Gasteiger partial charge on any atom is -0.481 e. The zero-order valence-corrected chi connectivity index (χ0v) is 73.3. The minimum absolute atomic E-state index is 0.